The van der Waals surface area contributed by atoms with Crippen molar-refractivity contribution >= 4 is 23.7 Å². The lowest BCUT2D eigenvalue weighted by Crippen LogP contribution is -2.54. The molecule has 3 rings (SSSR count). The summed E-state index contributed by atoms with van der Waals surface area (Å²) in [5, 5.41) is 0.826. The van der Waals surface area contributed by atoms with Crippen LogP contribution < -0.4 is 26.8 Å². The van der Waals surface area contributed by atoms with Crippen molar-refractivity contribution in [3.05, 3.63) is 61.9 Å². The van der Waals surface area contributed by atoms with Crippen LogP contribution in [0.1, 0.15) is 26.7 Å². The van der Waals surface area contributed by atoms with Crippen molar-refractivity contribution in [1.29, 1.82) is 0 Å². The molecule has 0 unspecified atom stereocenters. The van der Waals surface area contributed by atoms with E-state index in [1.54, 1.807) is 11.0 Å². The third-order valence-electron chi connectivity index (χ3n) is 4.15. The Labute approximate surface area is 144 Å². The monoisotopic (exact) mass is 340 g/mol. The molecule has 25 heavy (non-hydrogen) atoms. The topological polar surface area (TPSA) is 72.5 Å². The van der Waals surface area contributed by atoms with Gasteiger partial charge in [-0.15, -0.1) is 0 Å². The van der Waals surface area contributed by atoms with E-state index in [9.17, 15) is 14.4 Å². The van der Waals surface area contributed by atoms with E-state index < -0.39 is 11.4 Å². The van der Waals surface area contributed by atoms with Crippen LogP contribution in [0.4, 0.5) is 5.69 Å². The van der Waals surface area contributed by atoms with Gasteiger partial charge in [-0.1, -0.05) is 30.4 Å². The number of nitrogens with zero attached hydrogens (tertiary/aromatic N) is 2. The molecule has 1 aromatic heterocycles. The summed E-state index contributed by atoms with van der Waals surface area (Å²) in [6.45, 7) is 3.64. The minimum Gasteiger partial charge on any atom is -0.372 e. The highest BCUT2D eigenvalue weighted by Crippen LogP contribution is 2.16. The van der Waals surface area contributed by atoms with Gasteiger partial charge in [-0.05, 0) is 38.8 Å². The minimum absolute atomic E-state index is 0.0762. The van der Waals surface area contributed by atoms with Gasteiger partial charge in [0.1, 0.15) is 6.54 Å². The summed E-state index contributed by atoms with van der Waals surface area (Å²) in [5.41, 5.74) is 0.112. The van der Waals surface area contributed by atoms with E-state index in [-0.39, 0.29) is 18.5 Å². The number of anilines is 1. The number of carbonyl (C=O) groups excluding carboxylic acids is 1. The van der Waals surface area contributed by atoms with Gasteiger partial charge in [0.05, 0.1) is 10.6 Å². The molecule has 1 aliphatic carbocycles. The van der Waals surface area contributed by atoms with Gasteiger partial charge in [-0.3, -0.25) is 9.36 Å². The number of amides is 1. The maximum absolute atomic E-state index is 12.9. The molecular weight excluding hydrogens is 320 g/mol. The number of carbonyl (C=O) groups is 1. The second kappa shape index (κ2) is 6.93. The Morgan fingerprint density at radius 2 is 1.84 bits per heavy atom. The zero-order valence-corrected chi connectivity index (χ0v) is 14.3. The van der Waals surface area contributed by atoms with Gasteiger partial charge in [-0.25, -0.2) is 9.59 Å². The molecule has 0 spiro atoms. The molecule has 0 aliphatic heterocycles. The average Bonchev–Trinajstić information content (AvgIpc) is 2.59. The fourth-order valence-electron chi connectivity index (χ4n) is 3.07. The molecule has 6 heteroatoms. The summed E-state index contributed by atoms with van der Waals surface area (Å²) >= 11 is 0. The van der Waals surface area contributed by atoms with Gasteiger partial charge in [0.25, 0.3) is 0 Å². The molecule has 0 atom stereocenters. The zero-order chi connectivity index (χ0) is 18.0. The zero-order valence-electron chi connectivity index (χ0n) is 14.3. The fraction of sp³-hybridized carbons (Fsp3) is 0.316. The molecule has 0 fully saturated rings. The van der Waals surface area contributed by atoms with E-state index in [1.807, 2.05) is 50.3 Å². The number of benzene rings is 1. The molecule has 0 saturated heterocycles. The molecule has 130 valence electrons. The lowest BCUT2D eigenvalue weighted by atomic mass is 10.1. The van der Waals surface area contributed by atoms with Crippen LogP contribution in [0.25, 0.3) is 12.2 Å². The van der Waals surface area contributed by atoms with Gasteiger partial charge in [0.15, 0.2) is 0 Å². The minimum atomic E-state index is -0.805. The Bertz CT molecular complexity index is 1020. The number of para-hydroxylation sites is 1. The molecule has 1 aliphatic rings. The van der Waals surface area contributed by atoms with Crippen LogP contribution in [-0.2, 0) is 11.3 Å². The molecule has 2 aromatic rings. The number of fused-ring (bicyclic) bond motifs is 1. The van der Waals surface area contributed by atoms with E-state index >= 15 is 0 Å². The van der Waals surface area contributed by atoms with Crippen LogP contribution in [0.3, 0.4) is 0 Å². The normalized spacial score (nSPS) is 12.9. The summed E-state index contributed by atoms with van der Waals surface area (Å²) in [6, 6.07) is 9.21. The first kappa shape index (κ1) is 17.0. The number of hydrogen-bond acceptors (Lipinski definition) is 4. The van der Waals surface area contributed by atoms with Gasteiger partial charge in [0.2, 0.25) is 5.91 Å². The Balaban J connectivity index is 2.05. The molecule has 1 aromatic carbocycles. The van der Waals surface area contributed by atoms with Crippen molar-refractivity contribution < 1.29 is 9.21 Å². The van der Waals surface area contributed by atoms with Crippen LogP contribution in [0.5, 0.6) is 0 Å². The largest absolute Gasteiger partial charge is 0.422 e. The van der Waals surface area contributed by atoms with E-state index in [0.29, 0.717) is 17.0 Å². The van der Waals surface area contributed by atoms with Crippen molar-refractivity contribution in [1.82, 2.24) is 4.57 Å². The van der Waals surface area contributed by atoms with Crippen molar-refractivity contribution in [2.45, 2.75) is 39.3 Å². The molecular formula is C19H20N2O4. The van der Waals surface area contributed by atoms with Crippen LogP contribution in [0.15, 0.2) is 44.3 Å². The van der Waals surface area contributed by atoms with E-state index in [4.69, 9.17) is 4.42 Å². The van der Waals surface area contributed by atoms with Crippen LogP contribution in [0.2, 0.25) is 0 Å². The van der Waals surface area contributed by atoms with Crippen LogP contribution in [-0.4, -0.2) is 16.5 Å². The molecule has 1 heterocycles. The first-order chi connectivity index (χ1) is 12.0. The predicted octanol–water partition coefficient (Wildman–Crippen LogP) is 0.598. The van der Waals surface area contributed by atoms with Gasteiger partial charge in [-0.2, -0.15) is 0 Å². The van der Waals surface area contributed by atoms with Crippen molar-refractivity contribution in [3.8, 4) is 0 Å². The second-order valence-electron chi connectivity index (χ2n) is 6.22. The molecule has 1 amide bonds. The smallest absolute Gasteiger partial charge is 0.372 e. The highest BCUT2D eigenvalue weighted by atomic mass is 16.4. The highest BCUT2D eigenvalue weighted by molar-refractivity contribution is 5.93. The van der Waals surface area contributed by atoms with Crippen molar-refractivity contribution in [3.63, 3.8) is 0 Å². The van der Waals surface area contributed by atoms with Crippen LogP contribution >= 0.6 is 0 Å². The van der Waals surface area contributed by atoms with E-state index in [1.165, 1.54) is 4.57 Å². The summed E-state index contributed by atoms with van der Waals surface area (Å²) in [7, 11) is 0. The average molecular weight is 340 g/mol. The third-order valence-corrected chi connectivity index (χ3v) is 4.15. The lowest BCUT2D eigenvalue weighted by molar-refractivity contribution is -0.119. The third kappa shape index (κ3) is 3.33. The molecule has 6 nitrogen and oxygen atoms in total. The Hall–Kier alpha value is -2.89. The Morgan fingerprint density at radius 3 is 2.52 bits per heavy atom. The molecule has 0 radical (unpaired) electrons. The number of hydrogen-bond donors (Lipinski definition) is 0. The first-order valence-electron chi connectivity index (χ1n) is 8.30. The van der Waals surface area contributed by atoms with Gasteiger partial charge >= 0.3 is 11.4 Å². The van der Waals surface area contributed by atoms with E-state index in [0.717, 1.165) is 12.1 Å². The number of aromatic nitrogens is 1. The van der Waals surface area contributed by atoms with Crippen LogP contribution in [0, 0.1) is 0 Å². The van der Waals surface area contributed by atoms with E-state index in [2.05, 4.69) is 0 Å². The predicted molar refractivity (Wildman–Crippen MR) is 95.7 cm³/mol. The first-order valence-corrected chi connectivity index (χ1v) is 8.30. The SMILES string of the molecule is CC(C)N(C(=O)Cn1c(=O)oc(=O)c2c1=CCCC=2)c1ccccc1. The molecule has 0 N–H and O–H groups in total. The van der Waals surface area contributed by atoms with Gasteiger partial charge in [0, 0.05) is 11.7 Å². The maximum atomic E-state index is 12.9. The Kier molecular flexibility index (Phi) is 4.70. The standard InChI is InChI=1S/C19H20N2O4/c1-13(2)21(14-8-4-3-5-9-14)17(22)12-20-16-11-7-6-10-15(16)18(23)25-19(20)24/h3-5,8-11,13H,6-7,12H2,1-2H3. The van der Waals surface area contributed by atoms with Crippen molar-refractivity contribution in [2.75, 3.05) is 4.90 Å². The number of rotatable bonds is 4. The lowest BCUT2D eigenvalue weighted by Gasteiger charge is -2.27. The van der Waals surface area contributed by atoms with Gasteiger partial charge < -0.3 is 9.32 Å². The second-order valence-corrected chi connectivity index (χ2v) is 6.22. The highest BCUT2D eigenvalue weighted by Gasteiger charge is 2.21. The summed E-state index contributed by atoms with van der Waals surface area (Å²) in [5.74, 6) is -1.04. The quantitative estimate of drug-likeness (QED) is 0.817. The Morgan fingerprint density at radius 1 is 1.16 bits per heavy atom. The van der Waals surface area contributed by atoms with Crippen molar-refractivity contribution in [2.24, 2.45) is 0 Å². The molecule has 0 bridgehead atoms. The summed E-state index contributed by atoms with van der Waals surface area (Å²) in [6.07, 6.45) is 4.99. The fourth-order valence-corrected chi connectivity index (χ4v) is 3.07. The maximum Gasteiger partial charge on any atom is 0.422 e. The summed E-state index contributed by atoms with van der Waals surface area (Å²) < 4.78 is 6.03. The summed E-state index contributed by atoms with van der Waals surface area (Å²) in [4.78, 5) is 38.6. The molecule has 0 saturated carbocycles.